The second-order valence-corrected chi connectivity index (χ2v) is 3.97. The van der Waals surface area contributed by atoms with Gasteiger partial charge in [-0.15, -0.1) is 0 Å². The Morgan fingerprint density at radius 2 is 1.79 bits per heavy atom. The van der Waals surface area contributed by atoms with Gasteiger partial charge in [-0.25, -0.2) is 18.2 Å². The highest BCUT2D eigenvalue weighted by Gasteiger charge is 2.08. The standard InChI is InChI=1S/C13H8F3N3/c14-8-1-3-11(10(16)5-8)18-13-6-17-12-4-2-9(15)7-19(12)13/h1-7,18H. The molecule has 0 radical (unpaired) electrons. The molecule has 3 nitrogen and oxygen atoms in total. The summed E-state index contributed by atoms with van der Waals surface area (Å²) in [6.07, 6.45) is 2.67. The zero-order valence-corrected chi connectivity index (χ0v) is 9.57. The van der Waals surface area contributed by atoms with Crippen LogP contribution >= 0.6 is 0 Å². The van der Waals surface area contributed by atoms with Gasteiger partial charge in [0.1, 0.15) is 28.9 Å². The van der Waals surface area contributed by atoms with Crippen molar-refractivity contribution in [2.75, 3.05) is 5.32 Å². The fourth-order valence-corrected chi connectivity index (χ4v) is 1.78. The van der Waals surface area contributed by atoms with Gasteiger partial charge in [0.15, 0.2) is 0 Å². The topological polar surface area (TPSA) is 29.3 Å². The van der Waals surface area contributed by atoms with Gasteiger partial charge in [-0.1, -0.05) is 0 Å². The Morgan fingerprint density at radius 3 is 2.58 bits per heavy atom. The number of rotatable bonds is 2. The van der Waals surface area contributed by atoms with Crippen LogP contribution in [0.5, 0.6) is 0 Å². The molecule has 0 fully saturated rings. The van der Waals surface area contributed by atoms with E-state index in [1.807, 2.05) is 0 Å². The summed E-state index contributed by atoms with van der Waals surface area (Å²) in [5, 5.41) is 2.74. The molecule has 1 aromatic carbocycles. The van der Waals surface area contributed by atoms with Crippen molar-refractivity contribution in [3.8, 4) is 0 Å². The van der Waals surface area contributed by atoms with Gasteiger partial charge in [-0.05, 0) is 24.3 Å². The van der Waals surface area contributed by atoms with Gasteiger partial charge >= 0.3 is 0 Å². The van der Waals surface area contributed by atoms with Crippen LogP contribution in [0.4, 0.5) is 24.7 Å². The Hall–Kier alpha value is -2.50. The van der Waals surface area contributed by atoms with E-state index in [1.54, 1.807) is 0 Å². The van der Waals surface area contributed by atoms with E-state index in [0.29, 0.717) is 11.5 Å². The Balaban J connectivity index is 2.03. The van der Waals surface area contributed by atoms with E-state index in [9.17, 15) is 13.2 Å². The van der Waals surface area contributed by atoms with Crippen molar-refractivity contribution in [1.82, 2.24) is 9.38 Å². The van der Waals surface area contributed by atoms with E-state index in [4.69, 9.17) is 0 Å². The molecule has 0 bridgehead atoms. The van der Waals surface area contributed by atoms with Crippen LogP contribution < -0.4 is 5.32 Å². The predicted molar refractivity (Wildman–Crippen MR) is 64.8 cm³/mol. The maximum Gasteiger partial charge on any atom is 0.149 e. The summed E-state index contributed by atoms with van der Waals surface area (Å²) in [7, 11) is 0. The fourth-order valence-electron chi connectivity index (χ4n) is 1.78. The maximum absolute atomic E-state index is 13.5. The molecule has 0 saturated carbocycles. The van der Waals surface area contributed by atoms with Crippen molar-refractivity contribution in [1.29, 1.82) is 0 Å². The van der Waals surface area contributed by atoms with Gasteiger partial charge in [0, 0.05) is 12.3 Å². The largest absolute Gasteiger partial charge is 0.338 e. The van der Waals surface area contributed by atoms with E-state index in [2.05, 4.69) is 10.3 Å². The van der Waals surface area contributed by atoms with E-state index in [0.717, 1.165) is 12.1 Å². The molecule has 0 aliphatic carbocycles. The van der Waals surface area contributed by atoms with Gasteiger partial charge < -0.3 is 5.32 Å². The molecule has 0 atom stereocenters. The second-order valence-electron chi connectivity index (χ2n) is 3.97. The number of aromatic nitrogens is 2. The number of imidazole rings is 1. The van der Waals surface area contributed by atoms with E-state index in [-0.39, 0.29) is 5.69 Å². The number of fused-ring (bicyclic) bond motifs is 1. The summed E-state index contributed by atoms with van der Waals surface area (Å²) in [4.78, 5) is 4.04. The van der Waals surface area contributed by atoms with Gasteiger partial charge in [0.05, 0.1) is 11.9 Å². The zero-order chi connectivity index (χ0) is 13.4. The van der Waals surface area contributed by atoms with E-state index < -0.39 is 17.5 Å². The number of hydrogen-bond donors (Lipinski definition) is 1. The van der Waals surface area contributed by atoms with Crippen LogP contribution in [0.2, 0.25) is 0 Å². The second kappa shape index (κ2) is 4.31. The van der Waals surface area contributed by atoms with Gasteiger partial charge in [0.2, 0.25) is 0 Å². The van der Waals surface area contributed by atoms with Crippen molar-refractivity contribution in [3.05, 3.63) is 60.2 Å². The first-order valence-corrected chi connectivity index (χ1v) is 5.48. The first kappa shape index (κ1) is 11.6. The number of nitrogens with one attached hydrogen (secondary N) is 1. The molecule has 2 aromatic heterocycles. The maximum atomic E-state index is 13.5. The third-order valence-electron chi connectivity index (χ3n) is 2.66. The van der Waals surface area contributed by atoms with Crippen molar-refractivity contribution < 1.29 is 13.2 Å². The average Bonchev–Trinajstić information content (AvgIpc) is 2.75. The molecular weight excluding hydrogens is 255 g/mol. The summed E-state index contributed by atoms with van der Waals surface area (Å²) < 4.78 is 40.9. The summed E-state index contributed by atoms with van der Waals surface area (Å²) in [6, 6.07) is 5.96. The SMILES string of the molecule is Fc1ccc(Nc2cnc3ccc(F)cn23)c(F)c1. The molecule has 6 heteroatoms. The minimum absolute atomic E-state index is 0.0902. The van der Waals surface area contributed by atoms with Crippen LogP contribution in [0.15, 0.2) is 42.7 Å². The highest BCUT2D eigenvalue weighted by atomic mass is 19.1. The minimum Gasteiger partial charge on any atom is -0.338 e. The van der Waals surface area contributed by atoms with Crippen molar-refractivity contribution in [2.24, 2.45) is 0 Å². The Bertz CT molecular complexity index is 752. The lowest BCUT2D eigenvalue weighted by Crippen LogP contribution is -1.98. The summed E-state index contributed by atoms with van der Waals surface area (Å²) in [5.41, 5.74) is 0.610. The van der Waals surface area contributed by atoms with Gasteiger partial charge in [-0.2, -0.15) is 0 Å². The number of hydrogen-bond acceptors (Lipinski definition) is 2. The lowest BCUT2D eigenvalue weighted by atomic mass is 10.3. The van der Waals surface area contributed by atoms with Gasteiger partial charge in [-0.3, -0.25) is 4.40 Å². The molecule has 0 amide bonds. The van der Waals surface area contributed by atoms with Crippen LogP contribution in [-0.4, -0.2) is 9.38 Å². The number of nitrogens with zero attached hydrogens (tertiary/aromatic N) is 2. The lowest BCUT2D eigenvalue weighted by molar-refractivity contribution is 0.586. The Kier molecular flexibility index (Phi) is 2.63. The van der Waals surface area contributed by atoms with Gasteiger partial charge in [0.25, 0.3) is 0 Å². The van der Waals surface area contributed by atoms with Crippen LogP contribution in [0.1, 0.15) is 0 Å². The van der Waals surface area contributed by atoms with E-state index in [1.165, 1.54) is 35.0 Å². The summed E-state index contributed by atoms with van der Waals surface area (Å²) in [6.45, 7) is 0. The highest BCUT2D eigenvalue weighted by molar-refractivity contribution is 5.60. The molecule has 0 saturated heterocycles. The molecule has 0 aliphatic rings. The Morgan fingerprint density at radius 1 is 1.00 bits per heavy atom. The predicted octanol–water partition coefficient (Wildman–Crippen LogP) is 3.50. The van der Waals surface area contributed by atoms with Crippen LogP contribution in [0, 0.1) is 17.5 Å². The Labute approximate surface area is 106 Å². The molecule has 0 unspecified atom stereocenters. The number of benzene rings is 1. The lowest BCUT2D eigenvalue weighted by Gasteiger charge is -2.07. The first-order chi connectivity index (χ1) is 9.13. The normalized spacial score (nSPS) is 10.9. The summed E-state index contributed by atoms with van der Waals surface area (Å²) in [5.74, 6) is -1.44. The molecule has 0 spiro atoms. The minimum atomic E-state index is -0.730. The molecule has 3 aromatic rings. The fraction of sp³-hybridized carbons (Fsp3) is 0. The number of pyridine rings is 1. The molecule has 1 N–H and O–H groups in total. The van der Waals surface area contributed by atoms with Crippen LogP contribution in [0.3, 0.4) is 0 Å². The van der Waals surface area contributed by atoms with Crippen molar-refractivity contribution in [3.63, 3.8) is 0 Å². The number of halogens is 3. The average molecular weight is 263 g/mol. The quantitative estimate of drug-likeness (QED) is 0.766. The third-order valence-corrected chi connectivity index (χ3v) is 2.66. The first-order valence-electron chi connectivity index (χ1n) is 5.48. The molecule has 3 rings (SSSR count). The van der Waals surface area contributed by atoms with Crippen LogP contribution in [0.25, 0.3) is 5.65 Å². The molecule has 0 aliphatic heterocycles. The molecular formula is C13H8F3N3. The molecule has 19 heavy (non-hydrogen) atoms. The van der Waals surface area contributed by atoms with Crippen molar-refractivity contribution in [2.45, 2.75) is 0 Å². The molecule has 96 valence electrons. The number of anilines is 2. The zero-order valence-electron chi connectivity index (χ0n) is 9.57. The smallest absolute Gasteiger partial charge is 0.149 e. The van der Waals surface area contributed by atoms with Crippen LogP contribution in [-0.2, 0) is 0 Å². The highest BCUT2D eigenvalue weighted by Crippen LogP contribution is 2.21. The third kappa shape index (κ3) is 2.12. The van der Waals surface area contributed by atoms with E-state index >= 15 is 0 Å². The molecule has 2 heterocycles. The van der Waals surface area contributed by atoms with Crippen molar-refractivity contribution >= 4 is 17.2 Å². The summed E-state index contributed by atoms with van der Waals surface area (Å²) >= 11 is 0. The monoisotopic (exact) mass is 263 g/mol.